The van der Waals surface area contributed by atoms with Crippen LogP contribution >= 0.6 is 15.9 Å². The number of carbonyl (C=O) groups excluding carboxylic acids is 1. The number of aromatic hydroxyl groups is 1. The van der Waals surface area contributed by atoms with Crippen LogP contribution in [0.4, 0.5) is 5.69 Å². The van der Waals surface area contributed by atoms with Crippen molar-refractivity contribution in [2.24, 2.45) is 0 Å². The summed E-state index contributed by atoms with van der Waals surface area (Å²) in [6.45, 7) is 7.84. The molecule has 0 unspecified atom stereocenters. The molecule has 0 bridgehead atoms. The Hall–Kier alpha value is -1.81. The van der Waals surface area contributed by atoms with Gasteiger partial charge in [0.25, 0.3) is 5.91 Å². The Morgan fingerprint density at radius 1 is 1.18 bits per heavy atom. The molecule has 0 aliphatic carbocycles. The summed E-state index contributed by atoms with van der Waals surface area (Å²) in [5, 5.41) is 13.0. The van der Waals surface area contributed by atoms with Crippen molar-refractivity contribution in [3.05, 3.63) is 57.1 Å². The molecular formula is C18H20BrNO2. The lowest BCUT2D eigenvalue weighted by Crippen LogP contribution is -2.14. The van der Waals surface area contributed by atoms with E-state index in [1.54, 1.807) is 0 Å². The van der Waals surface area contributed by atoms with Crippen molar-refractivity contribution >= 4 is 27.5 Å². The Morgan fingerprint density at radius 3 is 2.32 bits per heavy atom. The molecule has 2 aromatic carbocycles. The van der Waals surface area contributed by atoms with Gasteiger partial charge >= 0.3 is 0 Å². The molecule has 1 amide bonds. The highest BCUT2D eigenvalue weighted by Crippen LogP contribution is 2.40. The maximum Gasteiger partial charge on any atom is 0.255 e. The Bertz CT molecular complexity index is 706. The van der Waals surface area contributed by atoms with Crippen LogP contribution in [0.3, 0.4) is 0 Å². The summed E-state index contributed by atoms with van der Waals surface area (Å²) >= 11 is 3.44. The topological polar surface area (TPSA) is 49.3 Å². The minimum atomic E-state index is -0.154. The molecule has 3 nitrogen and oxygen atoms in total. The summed E-state index contributed by atoms with van der Waals surface area (Å²) in [5.41, 5.74) is 4.06. The quantitative estimate of drug-likeness (QED) is 0.742. The number of phenolic OH excluding ortho intramolecular Hbond substituents is 1. The second-order valence-corrected chi connectivity index (χ2v) is 6.59. The highest BCUT2D eigenvalue weighted by molar-refractivity contribution is 9.10. The first-order valence-electron chi connectivity index (χ1n) is 7.21. The SMILES string of the molecule is Cc1ccc(C(=O)Nc2cc(C)c(O)c(Br)c2C(C)C)cc1. The van der Waals surface area contributed by atoms with E-state index in [0.717, 1.165) is 22.4 Å². The van der Waals surface area contributed by atoms with Crippen LogP contribution in [-0.4, -0.2) is 11.0 Å². The standard InChI is InChI=1S/C18H20BrNO2/c1-10(2)15-14(9-12(4)17(21)16(15)19)20-18(22)13-7-5-11(3)6-8-13/h5-10,21H,1-4H3,(H,20,22). The molecule has 2 N–H and O–H groups in total. The number of nitrogens with one attached hydrogen (secondary N) is 1. The van der Waals surface area contributed by atoms with Gasteiger partial charge in [-0.1, -0.05) is 31.5 Å². The molecule has 2 rings (SSSR count). The fourth-order valence-electron chi connectivity index (χ4n) is 2.35. The lowest BCUT2D eigenvalue weighted by molar-refractivity contribution is 0.102. The molecule has 0 saturated heterocycles. The van der Waals surface area contributed by atoms with Crippen LogP contribution in [0.2, 0.25) is 0 Å². The first kappa shape index (κ1) is 16.6. The van der Waals surface area contributed by atoms with Crippen LogP contribution in [0.15, 0.2) is 34.8 Å². The van der Waals surface area contributed by atoms with Crippen LogP contribution in [0.25, 0.3) is 0 Å². The van der Waals surface area contributed by atoms with Crippen LogP contribution < -0.4 is 5.32 Å². The molecule has 0 spiro atoms. The van der Waals surface area contributed by atoms with Crippen molar-refractivity contribution in [3.63, 3.8) is 0 Å². The molecule has 0 aromatic heterocycles. The molecule has 4 heteroatoms. The van der Waals surface area contributed by atoms with Crippen molar-refractivity contribution in [1.29, 1.82) is 0 Å². The first-order valence-corrected chi connectivity index (χ1v) is 8.00. The molecule has 0 radical (unpaired) electrons. The lowest BCUT2D eigenvalue weighted by Gasteiger charge is -2.18. The number of phenols is 1. The van der Waals surface area contributed by atoms with Gasteiger partial charge in [0.05, 0.1) is 4.47 Å². The fraction of sp³-hybridized carbons (Fsp3) is 0.278. The van der Waals surface area contributed by atoms with E-state index in [0.29, 0.717) is 10.0 Å². The van der Waals surface area contributed by atoms with Gasteiger partial charge in [0.15, 0.2) is 0 Å². The van der Waals surface area contributed by atoms with E-state index in [2.05, 4.69) is 21.2 Å². The van der Waals surface area contributed by atoms with Gasteiger partial charge in [0.2, 0.25) is 0 Å². The maximum atomic E-state index is 12.4. The molecule has 0 heterocycles. The van der Waals surface area contributed by atoms with Gasteiger partial charge in [-0.15, -0.1) is 0 Å². The zero-order valence-electron chi connectivity index (χ0n) is 13.2. The summed E-state index contributed by atoms with van der Waals surface area (Å²) in [6.07, 6.45) is 0. The average Bonchev–Trinajstić information content (AvgIpc) is 2.45. The predicted molar refractivity (Wildman–Crippen MR) is 93.8 cm³/mol. The van der Waals surface area contributed by atoms with Gasteiger partial charge in [-0.05, 0) is 65.0 Å². The summed E-state index contributed by atoms with van der Waals surface area (Å²) in [5.74, 6) is 0.227. The van der Waals surface area contributed by atoms with E-state index in [4.69, 9.17) is 0 Å². The number of rotatable bonds is 3. The molecule has 0 aliphatic heterocycles. The van der Waals surface area contributed by atoms with E-state index in [-0.39, 0.29) is 17.6 Å². The van der Waals surface area contributed by atoms with E-state index in [9.17, 15) is 9.90 Å². The average molecular weight is 362 g/mol. The Morgan fingerprint density at radius 2 is 1.77 bits per heavy atom. The number of benzene rings is 2. The zero-order chi connectivity index (χ0) is 16.4. The van der Waals surface area contributed by atoms with Crippen molar-refractivity contribution < 1.29 is 9.90 Å². The van der Waals surface area contributed by atoms with Crippen LogP contribution in [0, 0.1) is 13.8 Å². The molecular weight excluding hydrogens is 342 g/mol. The minimum Gasteiger partial charge on any atom is -0.506 e. The van der Waals surface area contributed by atoms with Crippen molar-refractivity contribution in [2.45, 2.75) is 33.6 Å². The highest BCUT2D eigenvalue weighted by Gasteiger charge is 2.18. The van der Waals surface area contributed by atoms with Crippen LogP contribution in [0.1, 0.15) is 46.8 Å². The van der Waals surface area contributed by atoms with Crippen molar-refractivity contribution in [2.75, 3.05) is 5.32 Å². The maximum absolute atomic E-state index is 12.4. The van der Waals surface area contributed by atoms with Gasteiger partial charge in [0, 0.05) is 11.3 Å². The number of hydrogen-bond acceptors (Lipinski definition) is 2. The molecule has 0 saturated carbocycles. The number of halogens is 1. The summed E-state index contributed by atoms with van der Waals surface area (Å²) in [7, 11) is 0. The van der Waals surface area contributed by atoms with Crippen LogP contribution in [-0.2, 0) is 0 Å². The first-order chi connectivity index (χ1) is 10.3. The van der Waals surface area contributed by atoms with Crippen molar-refractivity contribution in [3.8, 4) is 5.75 Å². The van der Waals surface area contributed by atoms with Crippen molar-refractivity contribution in [1.82, 2.24) is 0 Å². The van der Waals surface area contributed by atoms with E-state index < -0.39 is 0 Å². The molecule has 22 heavy (non-hydrogen) atoms. The Kier molecular flexibility index (Phi) is 4.91. The molecule has 0 aliphatic rings. The van der Waals surface area contributed by atoms with Gasteiger partial charge in [0.1, 0.15) is 5.75 Å². The van der Waals surface area contributed by atoms with Crippen LogP contribution in [0.5, 0.6) is 5.75 Å². The third kappa shape index (κ3) is 3.33. The molecule has 2 aromatic rings. The van der Waals surface area contributed by atoms with Gasteiger partial charge in [-0.25, -0.2) is 0 Å². The monoisotopic (exact) mass is 361 g/mol. The number of aryl methyl sites for hydroxylation is 2. The molecule has 116 valence electrons. The predicted octanol–water partition coefficient (Wildman–Crippen LogP) is 5.15. The minimum absolute atomic E-state index is 0.154. The Balaban J connectivity index is 2.40. The van der Waals surface area contributed by atoms with Gasteiger partial charge < -0.3 is 10.4 Å². The van der Waals surface area contributed by atoms with Gasteiger partial charge in [-0.2, -0.15) is 0 Å². The number of amides is 1. The number of hydrogen-bond donors (Lipinski definition) is 2. The molecule has 0 fully saturated rings. The second kappa shape index (κ2) is 6.53. The van der Waals surface area contributed by atoms with Gasteiger partial charge in [-0.3, -0.25) is 4.79 Å². The summed E-state index contributed by atoms with van der Waals surface area (Å²) in [4.78, 5) is 12.4. The highest BCUT2D eigenvalue weighted by atomic mass is 79.9. The Labute approximate surface area is 139 Å². The zero-order valence-corrected chi connectivity index (χ0v) is 14.8. The van der Waals surface area contributed by atoms with E-state index in [1.165, 1.54) is 0 Å². The third-order valence-electron chi connectivity index (χ3n) is 3.61. The van der Waals surface area contributed by atoms with E-state index >= 15 is 0 Å². The largest absolute Gasteiger partial charge is 0.506 e. The normalized spacial score (nSPS) is 10.8. The number of anilines is 1. The summed E-state index contributed by atoms with van der Waals surface area (Å²) < 4.78 is 0.640. The fourth-order valence-corrected chi connectivity index (χ4v) is 3.33. The summed E-state index contributed by atoms with van der Waals surface area (Å²) in [6, 6.07) is 9.25. The second-order valence-electron chi connectivity index (χ2n) is 5.79. The molecule has 0 atom stereocenters. The third-order valence-corrected chi connectivity index (χ3v) is 4.41. The lowest BCUT2D eigenvalue weighted by atomic mass is 9.98. The van der Waals surface area contributed by atoms with E-state index in [1.807, 2.05) is 58.0 Å². The number of carbonyl (C=O) groups is 1. The smallest absolute Gasteiger partial charge is 0.255 e.